The maximum absolute atomic E-state index is 13.1. The smallest absolute Gasteiger partial charge is 0.344 e. The quantitative estimate of drug-likeness (QED) is 0.0715. The Kier molecular flexibility index (Phi) is 7.41. The van der Waals surface area contributed by atoms with Crippen LogP contribution in [0.3, 0.4) is 0 Å². The number of benzene rings is 4. The number of nitro groups is 1. The number of hydrogen-bond acceptors (Lipinski definition) is 6. The molecule has 4 aromatic rings. The predicted molar refractivity (Wildman–Crippen MR) is 143 cm³/mol. The van der Waals surface area contributed by atoms with Crippen LogP contribution >= 0.6 is 15.9 Å². The van der Waals surface area contributed by atoms with Crippen LogP contribution in [0.1, 0.15) is 21.5 Å². The summed E-state index contributed by atoms with van der Waals surface area (Å²) < 4.78 is 6.33. The first-order valence-corrected chi connectivity index (χ1v) is 11.7. The second kappa shape index (κ2) is 10.8. The van der Waals surface area contributed by atoms with Gasteiger partial charge in [-0.25, -0.2) is 4.79 Å². The van der Waals surface area contributed by atoms with Gasteiger partial charge in [-0.2, -0.15) is 5.26 Å². The van der Waals surface area contributed by atoms with E-state index >= 15 is 0 Å². The molecule has 0 aliphatic rings. The number of nitrogens with one attached hydrogen (secondary N) is 1. The number of rotatable bonds is 6. The Hall–Kier alpha value is -4.81. The van der Waals surface area contributed by atoms with Gasteiger partial charge >= 0.3 is 5.97 Å². The van der Waals surface area contributed by atoms with Gasteiger partial charge < -0.3 is 10.1 Å². The van der Waals surface area contributed by atoms with Gasteiger partial charge in [-0.1, -0.05) is 52.3 Å². The van der Waals surface area contributed by atoms with E-state index in [0.717, 1.165) is 10.8 Å². The van der Waals surface area contributed by atoms with Gasteiger partial charge in [0.25, 0.3) is 11.6 Å². The minimum Gasteiger partial charge on any atom is -0.422 e. The molecular weight excluding hydrogens is 538 g/mol. The molecule has 1 N–H and O–H groups in total. The Morgan fingerprint density at radius 1 is 1.05 bits per heavy atom. The van der Waals surface area contributed by atoms with Crippen LogP contribution in [0.2, 0.25) is 0 Å². The SMILES string of the molecule is Cc1cc([N+](=O)[O-])ccc1NC(=O)C(C#N)=Cc1cc(Br)ccc1OC(=O)c1cccc2ccccc12. The zero-order valence-electron chi connectivity index (χ0n) is 19.4. The lowest BCUT2D eigenvalue weighted by Gasteiger charge is -2.11. The minimum atomic E-state index is -0.717. The fraction of sp³-hybridized carbons (Fsp3) is 0.0357. The van der Waals surface area contributed by atoms with Gasteiger partial charge in [-0.05, 0) is 59.7 Å². The van der Waals surface area contributed by atoms with Crippen molar-refractivity contribution in [3.63, 3.8) is 0 Å². The lowest BCUT2D eigenvalue weighted by molar-refractivity contribution is -0.384. The molecule has 0 spiro atoms. The normalized spacial score (nSPS) is 11.0. The van der Waals surface area contributed by atoms with Gasteiger partial charge in [0.1, 0.15) is 17.4 Å². The minimum absolute atomic E-state index is 0.113. The Morgan fingerprint density at radius 3 is 2.54 bits per heavy atom. The van der Waals surface area contributed by atoms with Crippen LogP contribution in [0.5, 0.6) is 5.75 Å². The molecule has 4 rings (SSSR count). The van der Waals surface area contributed by atoms with E-state index in [1.54, 1.807) is 37.3 Å². The van der Waals surface area contributed by atoms with Crippen LogP contribution in [0.15, 0.2) is 88.9 Å². The van der Waals surface area contributed by atoms with Crippen molar-refractivity contribution in [2.45, 2.75) is 6.92 Å². The number of nitrogens with zero attached hydrogens (tertiary/aromatic N) is 2. The van der Waals surface area contributed by atoms with E-state index in [1.807, 2.05) is 36.4 Å². The largest absolute Gasteiger partial charge is 0.422 e. The van der Waals surface area contributed by atoms with Crippen molar-refractivity contribution >= 4 is 56.0 Å². The van der Waals surface area contributed by atoms with E-state index in [1.165, 1.54) is 24.3 Å². The Labute approximate surface area is 220 Å². The van der Waals surface area contributed by atoms with Crippen LogP contribution in [-0.2, 0) is 4.79 Å². The third-order valence-corrected chi connectivity index (χ3v) is 6.01. The summed E-state index contributed by atoms with van der Waals surface area (Å²) in [6.07, 6.45) is 1.31. The molecule has 0 fully saturated rings. The molecule has 8 nitrogen and oxygen atoms in total. The van der Waals surface area contributed by atoms with Gasteiger partial charge in [0.15, 0.2) is 0 Å². The van der Waals surface area contributed by atoms with E-state index in [2.05, 4.69) is 21.2 Å². The van der Waals surface area contributed by atoms with Crippen molar-refractivity contribution in [2.24, 2.45) is 0 Å². The van der Waals surface area contributed by atoms with Gasteiger partial charge in [-0.15, -0.1) is 0 Å². The second-order valence-electron chi connectivity index (χ2n) is 7.98. The van der Waals surface area contributed by atoms with Crippen LogP contribution in [-0.4, -0.2) is 16.8 Å². The van der Waals surface area contributed by atoms with Gasteiger partial charge in [0.05, 0.1) is 10.5 Å². The number of fused-ring (bicyclic) bond motifs is 1. The summed E-state index contributed by atoms with van der Waals surface area (Å²) in [5, 5.41) is 24.9. The number of non-ortho nitro benzene ring substituents is 1. The first-order valence-electron chi connectivity index (χ1n) is 10.9. The van der Waals surface area contributed by atoms with Crippen LogP contribution < -0.4 is 10.1 Å². The van der Waals surface area contributed by atoms with Gasteiger partial charge in [0.2, 0.25) is 0 Å². The average Bonchev–Trinajstić information content (AvgIpc) is 2.89. The Bertz CT molecular complexity index is 1630. The molecule has 0 aliphatic heterocycles. The molecule has 0 unspecified atom stereocenters. The highest BCUT2D eigenvalue weighted by Gasteiger charge is 2.17. The van der Waals surface area contributed by atoms with Crippen LogP contribution in [0.4, 0.5) is 11.4 Å². The van der Waals surface area contributed by atoms with Crippen molar-refractivity contribution in [2.75, 3.05) is 5.32 Å². The molecule has 0 aliphatic carbocycles. The molecule has 0 radical (unpaired) electrons. The number of anilines is 1. The highest BCUT2D eigenvalue weighted by Crippen LogP contribution is 2.28. The van der Waals surface area contributed by atoms with E-state index in [9.17, 15) is 25.0 Å². The number of amides is 1. The highest BCUT2D eigenvalue weighted by atomic mass is 79.9. The molecule has 0 aromatic heterocycles. The molecule has 0 saturated carbocycles. The van der Waals surface area contributed by atoms with E-state index in [0.29, 0.717) is 26.9 Å². The van der Waals surface area contributed by atoms with E-state index in [-0.39, 0.29) is 17.0 Å². The summed E-state index contributed by atoms with van der Waals surface area (Å²) in [6, 6.07) is 23.5. The standard InChI is InChI=1S/C28H18BrN3O5/c1-17-13-22(32(35)36)10-11-25(17)31-27(33)20(16-30)14-19-15-21(29)9-12-26(19)37-28(34)24-8-4-6-18-5-2-3-7-23(18)24/h2-15H,1H3,(H,31,33). The topological polar surface area (TPSA) is 122 Å². The maximum atomic E-state index is 13.1. The number of carbonyl (C=O) groups is 2. The first kappa shape index (κ1) is 25.3. The number of carbonyl (C=O) groups excluding carboxylic acids is 2. The van der Waals surface area contributed by atoms with Crippen molar-refractivity contribution in [1.82, 2.24) is 0 Å². The highest BCUT2D eigenvalue weighted by molar-refractivity contribution is 9.10. The molecule has 0 atom stereocenters. The zero-order chi connectivity index (χ0) is 26.5. The van der Waals surface area contributed by atoms with Crippen molar-refractivity contribution in [1.29, 1.82) is 5.26 Å². The third kappa shape index (κ3) is 5.72. The number of ether oxygens (including phenoxy) is 1. The molecule has 0 bridgehead atoms. The maximum Gasteiger partial charge on any atom is 0.344 e. The summed E-state index contributed by atoms with van der Waals surface area (Å²) in [5.41, 5.74) is 1.13. The molecule has 9 heteroatoms. The van der Waals surface area contributed by atoms with E-state index < -0.39 is 16.8 Å². The molecule has 182 valence electrons. The number of halogens is 1. The summed E-state index contributed by atoms with van der Waals surface area (Å²) in [7, 11) is 0. The number of esters is 1. The lowest BCUT2D eigenvalue weighted by Crippen LogP contribution is -2.14. The summed E-state index contributed by atoms with van der Waals surface area (Å²) >= 11 is 3.36. The molecule has 0 saturated heterocycles. The first-order chi connectivity index (χ1) is 17.8. The zero-order valence-corrected chi connectivity index (χ0v) is 21.0. The fourth-order valence-electron chi connectivity index (χ4n) is 3.68. The van der Waals surface area contributed by atoms with Gasteiger partial charge in [0, 0.05) is 27.9 Å². The van der Waals surface area contributed by atoms with E-state index in [4.69, 9.17) is 4.74 Å². The second-order valence-corrected chi connectivity index (χ2v) is 8.89. The van der Waals surface area contributed by atoms with Gasteiger partial charge in [-0.3, -0.25) is 14.9 Å². The number of hydrogen-bond donors (Lipinski definition) is 1. The molecule has 1 amide bonds. The number of nitriles is 1. The third-order valence-electron chi connectivity index (χ3n) is 5.52. The Balaban J connectivity index is 1.63. The fourth-order valence-corrected chi connectivity index (χ4v) is 4.06. The average molecular weight is 556 g/mol. The van der Waals surface area contributed by atoms with Crippen LogP contribution in [0.25, 0.3) is 16.8 Å². The summed E-state index contributed by atoms with van der Waals surface area (Å²) in [6.45, 7) is 1.61. The number of nitro benzene ring substituents is 1. The molecule has 0 heterocycles. The molecule has 4 aromatic carbocycles. The van der Waals surface area contributed by atoms with Crippen molar-refractivity contribution in [3.8, 4) is 11.8 Å². The van der Waals surface area contributed by atoms with Crippen molar-refractivity contribution < 1.29 is 19.2 Å². The Morgan fingerprint density at radius 2 is 1.81 bits per heavy atom. The molecule has 37 heavy (non-hydrogen) atoms. The lowest BCUT2D eigenvalue weighted by atomic mass is 10.0. The van der Waals surface area contributed by atoms with Crippen molar-refractivity contribution in [3.05, 3.63) is 116 Å². The monoisotopic (exact) mass is 555 g/mol. The predicted octanol–water partition coefficient (Wildman–Crippen LogP) is 6.58. The summed E-state index contributed by atoms with van der Waals surface area (Å²) in [5.74, 6) is -1.14. The summed E-state index contributed by atoms with van der Waals surface area (Å²) in [4.78, 5) is 36.3. The van der Waals surface area contributed by atoms with Crippen LogP contribution in [0, 0.1) is 28.4 Å². The number of aryl methyl sites for hydroxylation is 1. The molecular formula is C28H18BrN3O5.